The normalized spacial score (nSPS) is 19.0. The van der Waals surface area contributed by atoms with Gasteiger partial charge in [-0.2, -0.15) is 0 Å². The summed E-state index contributed by atoms with van der Waals surface area (Å²) in [5.41, 5.74) is 3.26. The molecule has 0 aliphatic carbocycles. The molecule has 174 valence electrons. The van der Waals surface area contributed by atoms with Crippen LogP contribution in [0.1, 0.15) is 40.5 Å². The molecule has 2 aliphatic rings. The largest absolute Gasteiger partial charge is 0.372 e. The van der Waals surface area contributed by atoms with Crippen LogP contribution in [0.2, 0.25) is 0 Å². The molecule has 0 bridgehead atoms. The van der Waals surface area contributed by atoms with Gasteiger partial charge in [-0.05, 0) is 75.4 Å². The Kier molecular flexibility index (Phi) is 7.71. The Morgan fingerprint density at radius 1 is 0.909 bits per heavy atom. The number of thioether (sulfide) groups is 2. The number of amidine groups is 1. The fourth-order valence-electron chi connectivity index (χ4n) is 4.09. The Hall–Kier alpha value is -2.38. The highest BCUT2D eigenvalue weighted by molar-refractivity contribution is 8.19. The molecule has 0 radical (unpaired) electrons. The summed E-state index contributed by atoms with van der Waals surface area (Å²) in [5, 5.41) is 1.80. The van der Waals surface area contributed by atoms with E-state index in [2.05, 4.69) is 73.9 Å². The first-order chi connectivity index (χ1) is 16.1. The lowest BCUT2D eigenvalue weighted by molar-refractivity contribution is -0.122. The summed E-state index contributed by atoms with van der Waals surface area (Å²) >= 11 is 3.20. The monoisotopic (exact) mass is 480 g/mol. The van der Waals surface area contributed by atoms with E-state index in [1.165, 1.54) is 28.0 Å². The first-order valence-electron chi connectivity index (χ1n) is 11.8. The number of hydrogen-bond donors (Lipinski definition) is 0. The predicted octanol–water partition coefficient (Wildman–Crippen LogP) is 6.70. The van der Waals surface area contributed by atoms with Gasteiger partial charge in [-0.15, -0.1) is 0 Å². The molecule has 0 atom stereocenters. The van der Waals surface area contributed by atoms with Gasteiger partial charge in [-0.1, -0.05) is 37.2 Å². The second-order valence-corrected chi connectivity index (χ2v) is 9.95. The molecule has 2 aliphatic heterocycles. The van der Waals surface area contributed by atoms with E-state index in [4.69, 9.17) is 4.99 Å². The zero-order valence-electron chi connectivity index (χ0n) is 19.9. The van der Waals surface area contributed by atoms with Crippen molar-refractivity contribution in [3.63, 3.8) is 0 Å². The summed E-state index contributed by atoms with van der Waals surface area (Å²) in [6, 6.07) is 16.7. The lowest BCUT2D eigenvalue weighted by Gasteiger charge is -2.21. The average Bonchev–Trinajstić information content (AvgIpc) is 3.36. The maximum atomic E-state index is 13.6. The lowest BCUT2D eigenvalue weighted by atomic mass is 10.2. The second-order valence-electron chi connectivity index (χ2n) is 7.94. The molecule has 2 heterocycles. The van der Waals surface area contributed by atoms with E-state index in [1.54, 1.807) is 11.8 Å². The standard InChI is InChI=1S/C26H32N4OS2/c1-5-9-18-30-24(31)23(25-29(8-4)21-12-10-11-13-22(21)32-25)33-26(30)27-19-14-16-20(17-15-19)28(6-2)7-3/h10-17H,5-9,18H2,1-4H3/b25-23-,27-26?. The van der Waals surface area contributed by atoms with E-state index in [9.17, 15) is 4.79 Å². The Morgan fingerprint density at radius 2 is 1.64 bits per heavy atom. The minimum absolute atomic E-state index is 0.0701. The van der Waals surface area contributed by atoms with Crippen molar-refractivity contribution in [1.29, 1.82) is 0 Å². The number of para-hydroxylation sites is 1. The van der Waals surface area contributed by atoms with Crippen LogP contribution in [-0.4, -0.2) is 42.2 Å². The number of aliphatic imine (C=N–C) groups is 1. The van der Waals surface area contributed by atoms with Crippen LogP contribution in [0.4, 0.5) is 17.1 Å². The van der Waals surface area contributed by atoms with E-state index in [0.29, 0.717) is 6.54 Å². The number of amides is 1. The summed E-state index contributed by atoms with van der Waals surface area (Å²) in [4.78, 5) is 26.9. The summed E-state index contributed by atoms with van der Waals surface area (Å²) in [6.45, 7) is 12.1. The van der Waals surface area contributed by atoms with E-state index in [0.717, 1.165) is 53.3 Å². The Balaban J connectivity index is 1.67. The van der Waals surface area contributed by atoms with Gasteiger partial charge in [0.2, 0.25) is 0 Å². The van der Waals surface area contributed by atoms with Crippen LogP contribution in [0, 0.1) is 0 Å². The highest BCUT2D eigenvalue weighted by Gasteiger charge is 2.39. The van der Waals surface area contributed by atoms with Gasteiger partial charge in [0.05, 0.1) is 11.4 Å². The molecule has 1 saturated heterocycles. The molecule has 4 rings (SSSR count). The predicted molar refractivity (Wildman–Crippen MR) is 144 cm³/mol. The van der Waals surface area contributed by atoms with Gasteiger partial charge >= 0.3 is 0 Å². The van der Waals surface area contributed by atoms with E-state index in [1.807, 2.05) is 17.0 Å². The smallest absolute Gasteiger partial charge is 0.269 e. The van der Waals surface area contributed by atoms with Crippen molar-refractivity contribution in [2.24, 2.45) is 4.99 Å². The van der Waals surface area contributed by atoms with Crippen LogP contribution in [0.5, 0.6) is 0 Å². The van der Waals surface area contributed by atoms with Crippen molar-refractivity contribution >= 4 is 51.7 Å². The van der Waals surface area contributed by atoms with E-state index in [-0.39, 0.29) is 5.91 Å². The van der Waals surface area contributed by atoms with Gasteiger partial charge in [0.25, 0.3) is 5.91 Å². The Bertz CT molecular complexity index is 1060. The minimum Gasteiger partial charge on any atom is -0.372 e. The zero-order chi connectivity index (χ0) is 23.4. The highest BCUT2D eigenvalue weighted by Crippen LogP contribution is 2.50. The fraction of sp³-hybridized carbons (Fsp3) is 0.385. The molecular formula is C26H32N4OS2. The van der Waals surface area contributed by atoms with Crippen molar-refractivity contribution in [3.8, 4) is 0 Å². The Labute approximate surface area is 205 Å². The summed E-state index contributed by atoms with van der Waals surface area (Å²) in [5.74, 6) is 0.0701. The second kappa shape index (κ2) is 10.7. The van der Waals surface area contributed by atoms with Crippen LogP contribution >= 0.6 is 23.5 Å². The van der Waals surface area contributed by atoms with Gasteiger partial charge < -0.3 is 9.80 Å². The summed E-state index contributed by atoms with van der Waals surface area (Å²) < 4.78 is 0. The summed E-state index contributed by atoms with van der Waals surface area (Å²) in [7, 11) is 0. The van der Waals surface area contributed by atoms with Gasteiger partial charge in [0.1, 0.15) is 9.93 Å². The van der Waals surface area contributed by atoms with Crippen LogP contribution < -0.4 is 9.80 Å². The number of anilines is 2. The molecule has 0 spiro atoms. The van der Waals surface area contributed by atoms with Crippen molar-refractivity contribution in [2.45, 2.75) is 45.4 Å². The maximum absolute atomic E-state index is 13.6. The van der Waals surface area contributed by atoms with Crippen LogP contribution in [0.15, 0.2) is 68.4 Å². The third-order valence-electron chi connectivity index (χ3n) is 5.92. The third kappa shape index (κ3) is 4.80. The number of carbonyl (C=O) groups excluding carboxylic acids is 1. The first kappa shape index (κ1) is 23.8. The first-order valence-corrected chi connectivity index (χ1v) is 13.5. The van der Waals surface area contributed by atoms with Gasteiger partial charge in [0, 0.05) is 36.8 Å². The molecule has 0 saturated carbocycles. The van der Waals surface area contributed by atoms with Crippen molar-refractivity contribution < 1.29 is 4.79 Å². The lowest BCUT2D eigenvalue weighted by Crippen LogP contribution is -2.30. The van der Waals surface area contributed by atoms with Crippen molar-refractivity contribution in [2.75, 3.05) is 36.0 Å². The molecule has 0 aromatic heterocycles. The number of benzene rings is 2. The molecule has 7 heteroatoms. The molecule has 0 unspecified atom stereocenters. The molecule has 0 N–H and O–H groups in total. The number of unbranched alkanes of at least 4 members (excludes halogenated alkanes) is 1. The molecular weight excluding hydrogens is 448 g/mol. The summed E-state index contributed by atoms with van der Waals surface area (Å²) in [6.07, 6.45) is 1.99. The number of hydrogen-bond acceptors (Lipinski definition) is 6. The topological polar surface area (TPSA) is 39.2 Å². The fourth-order valence-corrected chi connectivity index (χ4v) is 6.50. The van der Waals surface area contributed by atoms with Crippen molar-refractivity contribution in [1.82, 2.24) is 4.90 Å². The maximum Gasteiger partial charge on any atom is 0.269 e. The van der Waals surface area contributed by atoms with Gasteiger partial charge in [-0.3, -0.25) is 9.69 Å². The van der Waals surface area contributed by atoms with Crippen LogP contribution in [0.25, 0.3) is 0 Å². The van der Waals surface area contributed by atoms with Gasteiger partial charge in [0.15, 0.2) is 5.17 Å². The van der Waals surface area contributed by atoms with Gasteiger partial charge in [-0.25, -0.2) is 4.99 Å². The molecule has 2 aromatic rings. The number of carbonyl (C=O) groups is 1. The average molecular weight is 481 g/mol. The number of rotatable bonds is 8. The SMILES string of the molecule is CCCCN1C(=O)/C(=C2/Sc3ccccc3N2CC)SC1=Nc1ccc(N(CC)CC)cc1. The third-order valence-corrected chi connectivity index (χ3v) is 8.30. The van der Waals surface area contributed by atoms with E-state index < -0.39 is 0 Å². The quantitative estimate of drug-likeness (QED) is 0.393. The molecule has 1 fully saturated rings. The molecule has 5 nitrogen and oxygen atoms in total. The Morgan fingerprint density at radius 3 is 2.30 bits per heavy atom. The highest BCUT2D eigenvalue weighted by atomic mass is 32.2. The van der Waals surface area contributed by atoms with Crippen LogP contribution in [0.3, 0.4) is 0 Å². The molecule has 1 amide bonds. The zero-order valence-corrected chi connectivity index (χ0v) is 21.5. The van der Waals surface area contributed by atoms with E-state index >= 15 is 0 Å². The number of nitrogens with zero attached hydrogens (tertiary/aromatic N) is 4. The molecule has 2 aromatic carbocycles. The number of fused-ring (bicyclic) bond motifs is 1. The molecule has 33 heavy (non-hydrogen) atoms. The van der Waals surface area contributed by atoms with Crippen molar-refractivity contribution in [3.05, 3.63) is 58.5 Å². The van der Waals surface area contributed by atoms with Crippen LogP contribution in [-0.2, 0) is 4.79 Å². The minimum atomic E-state index is 0.0701.